The number of carbonyl (C=O) groups is 2. The van der Waals surface area contributed by atoms with Crippen molar-refractivity contribution in [2.24, 2.45) is 5.92 Å². The highest BCUT2D eigenvalue weighted by Crippen LogP contribution is 2.20. The lowest BCUT2D eigenvalue weighted by Gasteiger charge is -2.11. The molecule has 0 aliphatic rings. The number of hydrogen-bond donors (Lipinski definition) is 0. The average molecular weight is 268 g/mol. The molecule has 102 valence electrons. The second kappa shape index (κ2) is 6.15. The summed E-state index contributed by atoms with van der Waals surface area (Å²) in [7, 11) is 0. The molecule has 20 heavy (non-hydrogen) atoms. The van der Waals surface area contributed by atoms with E-state index < -0.39 is 11.9 Å². The number of Topliss-reactive ketones (excluding diaryl/α,β-unsaturated/α-hetero) is 1. The smallest absolute Gasteiger partial charge is 0.321 e. The van der Waals surface area contributed by atoms with Crippen LogP contribution in [0.2, 0.25) is 0 Å². The molecule has 3 nitrogen and oxygen atoms in total. The Balaban J connectivity index is 2.34. The van der Waals surface area contributed by atoms with Gasteiger partial charge in [0, 0.05) is 5.56 Å². The quantitative estimate of drug-likeness (QED) is 0.359. The molecular formula is C17H16O3. The zero-order valence-corrected chi connectivity index (χ0v) is 11.3. The van der Waals surface area contributed by atoms with Gasteiger partial charge in [-0.1, -0.05) is 49.9 Å². The van der Waals surface area contributed by atoms with Crippen LogP contribution in [0.5, 0.6) is 0 Å². The molecule has 0 radical (unpaired) electrons. The van der Waals surface area contributed by atoms with Crippen molar-refractivity contribution in [3.05, 3.63) is 60.9 Å². The summed E-state index contributed by atoms with van der Waals surface area (Å²) < 4.78 is 4.73. The Morgan fingerprint density at radius 2 is 1.90 bits per heavy atom. The van der Waals surface area contributed by atoms with E-state index in [1.54, 1.807) is 13.0 Å². The molecule has 0 aromatic heterocycles. The Morgan fingerprint density at radius 3 is 2.55 bits per heavy atom. The third kappa shape index (κ3) is 2.77. The van der Waals surface area contributed by atoms with E-state index in [0.29, 0.717) is 12.0 Å². The van der Waals surface area contributed by atoms with Gasteiger partial charge in [0.15, 0.2) is 5.78 Å². The van der Waals surface area contributed by atoms with Crippen molar-refractivity contribution in [2.45, 2.75) is 13.3 Å². The largest absolute Gasteiger partial charge is 0.435 e. The molecule has 0 aliphatic carbocycles. The Morgan fingerprint density at radius 1 is 1.20 bits per heavy atom. The van der Waals surface area contributed by atoms with E-state index in [1.807, 2.05) is 36.4 Å². The van der Waals surface area contributed by atoms with E-state index in [9.17, 15) is 9.59 Å². The molecule has 0 aliphatic heterocycles. The standard InChI is InChI=1S/C17H16O3/c1-3-15(17(19)20-4-2)16(18)14-10-9-12-7-5-6-8-13(12)11-14/h4-11,15H,2-3H2,1H3. The van der Waals surface area contributed by atoms with Gasteiger partial charge in [0.05, 0.1) is 6.26 Å². The molecule has 0 bridgehead atoms. The van der Waals surface area contributed by atoms with Crippen molar-refractivity contribution < 1.29 is 14.3 Å². The van der Waals surface area contributed by atoms with Crippen LogP contribution in [0.25, 0.3) is 10.8 Å². The van der Waals surface area contributed by atoms with Crippen molar-refractivity contribution >= 4 is 22.5 Å². The number of fused-ring (bicyclic) bond motifs is 1. The van der Waals surface area contributed by atoms with Gasteiger partial charge in [-0.15, -0.1) is 0 Å². The van der Waals surface area contributed by atoms with Gasteiger partial charge >= 0.3 is 5.97 Å². The van der Waals surface area contributed by atoms with Crippen LogP contribution in [-0.2, 0) is 9.53 Å². The van der Waals surface area contributed by atoms with Gasteiger partial charge in [0.25, 0.3) is 0 Å². The molecule has 0 spiro atoms. The Labute approximate surface area is 117 Å². The van der Waals surface area contributed by atoms with E-state index in [1.165, 1.54) is 0 Å². The van der Waals surface area contributed by atoms with Crippen LogP contribution in [0.3, 0.4) is 0 Å². The number of benzene rings is 2. The molecule has 0 saturated heterocycles. The van der Waals surface area contributed by atoms with Gasteiger partial charge in [-0.2, -0.15) is 0 Å². The molecule has 0 saturated carbocycles. The summed E-state index contributed by atoms with van der Waals surface area (Å²) in [5, 5.41) is 2.04. The zero-order chi connectivity index (χ0) is 14.5. The van der Waals surface area contributed by atoms with Crippen LogP contribution in [0, 0.1) is 5.92 Å². The fourth-order valence-electron chi connectivity index (χ4n) is 2.17. The number of rotatable bonds is 5. The highest BCUT2D eigenvalue weighted by Gasteiger charge is 2.27. The van der Waals surface area contributed by atoms with Gasteiger partial charge in [-0.05, 0) is 23.3 Å². The predicted molar refractivity (Wildman–Crippen MR) is 78.3 cm³/mol. The topological polar surface area (TPSA) is 43.4 Å². The summed E-state index contributed by atoms with van der Waals surface area (Å²) in [5.41, 5.74) is 0.525. The van der Waals surface area contributed by atoms with Gasteiger partial charge in [-0.25, -0.2) is 0 Å². The van der Waals surface area contributed by atoms with Crippen molar-refractivity contribution in [3.8, 4) is 0 Å². The fraction of sp³-hybridized carbons (Fsp3) is 0.176. The molecular weight excluding hydrogens is 252 g/mol. The first kappa shape index (κ1) is 14.0. The van der Waals surface area contributed by atoms with Gasteiger partial charge in [0.2, 0.25) is 0 Å². The first-order chi connectivity index (χ1) is 9.67. The van der Waals surface area contributed by atoms with Crippen LogP contribution in [0.1, 0.15) is 23.7 Å². The maximum absolute atomic E-state index is 12.4. The first-order valence-electron chi connectivity index (χ1n) is 6.51. The SMILES string of the molecule is C=COC(=O)C(CC)C(=O)c1ccc2ccccc2c1. The van der Waals surface area contributed by atoms with Crippen LogP contribution in [0.4, 0.5) is 0 Å². The van der Waals surface area contributed by atoms with Crippen molar-refractivity contribution in [1.29, 1.82) is 0 Å². The summed E-state index contributed by atoms with van der Waals surface area (Å²) in [6, 6.07) is 13.2. The molecule has 0 heterocycles. The van der Waals surface area contributed by atoms with E-state index >= 15 is 0 Å². The fourth-order valence-corrected chi connectivity index (χ4v) is 2.17. The molecule has 2 aromatic rings. The molecule has 2 aromatic carbocycles. The second-order valence-electron chi connectivity index (χ2n) is 4.49. The van der Waals surface area contributed by atoms with Gasteiger partial charge in [-0.3, -0.25) is 9.59 Å². The van der Waals surface area contributed by atoms with E-state index in [2.05, 4.69) is 6.58 Å². The minimum absolute atomic E-state index is 0.217. The second-order valence-corrected chi connectivity index (χ2v) is 4.49. The summed E-state index contributed by atoms with van der Waals surface area (Å²) in [5.74, 6) is -1.56. The Bertz CT molecular complexity index is 658. The molecule has 0 N–H and O–H groups in total. The molecule has 3 heteroatoms. The lowest BCUT2D eigenvalue weighted by molar-refractivity contribution is -0.141. The minimum atomic E-state index is -0.783. The predicted octanol–water partition coefficient (Wildman–Crippen LogP) is 3.74. The average Bonchev–Trinajstić information content (AvgIpc) is 2.47. The number of esters is 1. The summed E-state index contributed by atoms with van der Waals surface area (Å²) >= 11 is 0. The zero-order valence-electron chi connectivity index (χ0n) is 11.3. The third-order valence-electron chi connectivity index (χ3n) is 3.24. The van der Waals surface area contributed by atoms with Crippen LogP contribution >= 0.6 is 0 Å². The third-order valence-corrected chi connectivity index (χ3v) is 3.24. The van der Waals surface area contributed by atoms with E-state index in [-0.39, 0.29) is 5.78 Å². The van der Waals surface area contributed by atoms with Gasteiger partial charge in [0.1, 0.15) is 5.92 Å². The molecule has 1 atom stereocenters. The van der Waals surface area contributed by atoms with Crippen molar-refractivity contribution in [1.82, 2.24) is 0 Å². The summed E-state index contributed by atoms with van der Waals surface area (Å²) in [6.45, 7) is 5.12. The normalized spacial score (nSPS) is 11.8. The van der Waals surface area contributed by atoms with Gasteiger partial charge < -0.3 is 4.74 Å². The highest BCUT2D eigenvalue weighted by molar-refractivity contribution is 6.10. The van der Waals surface area contributed by atoms with Crippen molar-refractivity contribution in [2.75, 3.05) is 0 Å². The number of ether oxygens (including phenoxy) is 1. The number of ketones is 1. The molecule has 1 unspecified atom stereocenters. The minimum Gasteiger partial charge on any atom is -0.435 e. The van der Waals surface area contributed by atoms with Crippen LogP contribution in [-0.4, -0.2) is 11.8 Å². The monoisotopic (exact) mass is 268 g/mol. The molecule has 0 fully saturated rings. The number of carbonyl (C=O) groups excluding carboxylic acids is 2. The van der Waals surface area contributed by atoms with Crippen molar-refractivity contribution in [3.63, 3.8) is 0 Å². The van der Waals surface area contributed by atoms with E-state index in [0.717, 1.165) is 17.0 Å². The van der Waals surface area contributed by atoms with E-state index in [4.69, 9.17) is 4.74 Å². The Hall–Kier alpha value is -2.42. The van der Waals surface area contributed by atoms with Crippen LogP contribution in [0.15, 0.2) is 55.3 Å². The maximum Gasteiger partial charge on any atom is 0.321 e. The molecule has 2 rings (SSSR count). The molecule has 0 amide bonds. The number of hydrogen-bond acceptors (Lipinski definition) is 3. The lowest BCUT2D eigenvalue weighted by Crippen LogP contribution is -2.24. The summed E-state index contributed by atoms with van der Waals surface area (Å²) in [6.07, 6.45) is 1.46. The highest BCUT2D eigenvalue weighted by atomic mass is 16.5. The summed E-state index contributed by atoms with van der Waals surface area (Å²) in [4.78, 5) is 24.1. The van der Waals surface area contributed by atoms with Crippen LogP contribution < -0.4 is 0 Å². The lowest BCUT2D eigenvalue weighted by atomic mass is 9.94. The first-order valence-corrected chi connectivity index (χ1v) is 6.51. The maximum atomic E-state index is 12.4. The Kier molecular flexibility index (Phi) is 4.31.